The van der Waals surface area contributed by atoms with Crippen LogP contribution in [0.1, 0.15) is 37.4 Å². The number of piperidine rings is 1. The van der Waals surface area contributed by atoms with Gasteiger partial charge in [-0.25, -0.2) is 0 Å². The fourth-order valence-corrected chi connectivity index (χ4v) is 5.72. The van der Waals surface area contributed by atoms with Crippen LogP contribution in [-0.2, 0) is 4.79 Å². The molecular formula is C27H33N3O4S. The average Bonchev–Trinajstić information content (AvgIpc) is 2.89. The van der Waals surface area contributed by atoms with Crippen molar-refractivity contribution in [3.63, 3.8) is 0 Å². The fourth-order valence-electron chi connectivity index (χ4n) is 4.90. The number of aliphatic carboxylic acids is 1. The number of carboxylic acids is 1. The zero-order valence-corrected chi connectivity index (χ0v) is 20.9. The second kappa shape index (κ2) is 12.3. The predicted molar refractivity (Wildman–Crippen MR) is 138 cm³/mol. The van der Waals surface area contributed by atoms with Crippen molar-refractivity contribution in [2.24, 2.45) is 11.8 Å². The SMILES string of the molecule is COc1ccc2nccc([C@H](O)CC[C@@H]3CCN(CCCSc4ccncc4)C[C@@H]3C(=O)O)c2c1. The molecule has 1 fully saturated rings. The third-order valence-corrected chi connectivity index (χ3v) is 7.95. The van der Waals surface area contributed by atoms with Crippen LogP contribution in [0, 0.1) is 11.8 Å². The number of carboxylic acid groups (broad SMARTS) is 1. The van der Waals surface area contributed by atoms with Crippen LogP contribution in [0.4, 0.5) is 0 Å². The van der Waals surface area contributed by atoms with Gasteiger partial charge in [-0.3, -0.25) is 14.8 Å². The number of pyridine rings is 2. The number of hydrogen-bond donors (Lipinski definition) is 2. The van der Waals surface area contributed by atoms with Crippen LogP contribution in [0.3, 0.4) is 0 Å². The fraction of sp³-hybridized carbons (Fsp3) is 0.444. The molecule has 2 aromatic heterocycles. The first-order valence-electron chi connectivity index (χ1n) is 12.1. The number of aromatic nitrogens is 2. The molecule has 1 saturated heterocycles. The molecular weight excluding hydrogens is 462 g/mol. The molecule has 3 heterocycles. The highest BCUT2D eigenvalue weighted by atomic mass is 32.2. The van der Waals surface area contributed by atoms with Gasteiger partial charge in [0, 0.05) is 35.4 Å². The summed E-state index contributed by atoms with van der Waals surface area (Å²) in [4.78, 5) is 24.0. The summed E-state index contributed by atoms with van der Waals surface area (Å²) < 4.78 is 5.34. The molecule has 4 rings (SSSR count). The number of likely N-dealkylation sites (tertiary alicyclic amines) is 1. The molecule has 1 aliphatic heterocycles. The second-order valence-electron chi connectivity index (χ2n) is 9.06. The Balaban J connectivity index is 1.30. The lowest BCUT2D eigenvalue weighted by Crippen LogP contribution is -2.44. The van der Waals surface area contributed by atoms with E-state index < -0.39 is 18.0 Å². The van der Waals surface area contributed by atoms with E-state index in [1.807, 2.05) is 36.4 Å². The summed E-state index contributed by atoms with van der Waals surface area (Å²) in [5, 5.41) is 21.8. The predicted octanol–water partition coefficient (Wildman–Crippen LogP) is 4.66. The van der Waals surface area contributed by atoms with Gasteiger partial charge < -0.3 is 19.8 Å². The maximum Gasteiger partial charge on any atom is 0.308 e. The first kappa shape index (κ1) is 25.4. The highest BCUT2D eigenvalue weighted by molar-refractivity contribution is 7.99. The van der Waals surface area contributed by atoms with Gasteiger partial charge in [-0.05, 0) is 92.4 Å². The molecule has 1 aliphatic rings. The van der Waals surface area contributed by atoms with Crippen LogP contribution in [0.5, 0.6) is 5.75 Å². The first-order chi connectivity index (χ1) is 17.0. The Bertz CT molecular complexity index is 1110. The monoisotopic (exact) mass is 495 g/mol. The molecule has 0 radical (unpaired) electrons. The van der Waals surface area contributed by atoms with Crippen molar-refractivity contribution in [1.29, 1.82) is 0 Å². The highest BCUT2D eigenvalue weighted by Crippen LogP contribution is 2.34. The van der Waals surface area contributed by atoms with Gasteiger partial charge in [0.25, 0.3) is 0 Å². The van der Waals surface area contributed by atoms with Gasteiger partial charge in [0.05, 0.1) is 24.6 Å². The largest absolute Gasteiger partial charge is 0.497 e. The van der Waals surface area contributed by atoms with Crippen molar-refractivity contribution >= 4 is 28.6 Å². The van der Waals surface area contributed by atoms with E-state index in [4.69, 9.17) is 4.74 Å². The number of ether oxygens (including phenoxy) is 1. The van der Waals surface area contributed by atoms with Crippen molar-refractivity contribution in [2.75, 3.05) is 32.5 Å². The first-order valence-corrected chi connectivity index (χ1v) is 13.1. The minimum Gasteiger partial charge on any atom is -0.497 e. The summed E-state index contributed by atoms with van der Waals surface area (Å²) in [5.41, 5.74) is 1.62. The van der Waals surface area contributed by atoms with Crippen molar-refractivity contribution in [1.82, 2.24) is 14.9 Å². The molecule has 7 nitrogen and oxygen atoms in total. The van der Waals surface area contributed by atoms with E-state index in [0.717, 1.165) is 53.9 Å². The number of aliphatic hydroxyl groups excluding tert-OH is 1. The smallest absolute Gasteiger partial charge is 0.308 e. The van der Waals surface area contributed by atoms with Crippen molar-refractivity contribution in [3.8, 4) is 5.75 Å². The van der Waals surface area contributed by atoms with E-state index in [1.54, 1.807) is 37.5 Å². The number of methoxy groups -OCH3 is 1. The Morgan fingerprint density at radius 2 is 2.06 bits per heavy atom. The van der Waals surface area contributed by atoms with Crippen LogP contribution < -0.4 is 4.74 Å². The van der Waals surface area contributed by atoms with Crippen LogP contribution in [0.25, 0.3) is 10.9 Å². The zero-order chi connectivity index (χ0) is 24.6. The topological polar surface area (TPSA) is 95.8 Å². The lowest BCUT2D eigenvalue weighted by atomic mass is 9.81. The van der Waals surface area contributed by atoms with Gasteiger partial charge in [0.15, 0.2) is 0 Å². The highest BCUT2D eigenvalue weighted by Gasteiger charge is 2.34. The normalized spacial score (nSPS) is 19.5. The number of hydrogen-bond acceptors (Lipinski definition) is 7. The summed E-state index contributed by atoms with van der Waals surface area (Å²) in [5.74, 6) is 0.639. The molecule has 0 saturated carbocycles. The van der Waals surface area contributed by atoms with Gasteiger partial charge in [0.2, 0.25) is 0 Å². The minimum absolute atomic E-state index is 0.0623. The standard InChI is InChI=1S/C27H33N3O4S/c1-34-20-4-5-25-23(17-20)22(9-13-29-25)26(31)6-3-19-10-15-30(18-24(19)27(32)33)14-2-16-35-21-7-11-28-12-8-21/h4-5,7-9,11-13,17,19,24,26,31H,2-3,6,10,14-16,18H2,1H3,(H,32,33)/t19-,24+,26-/m1/s1. The van der Waals surface area contributed by atoms with Crippen LogP contribution in [-0.4, -0.2) is 63.5 Å². The molecule has 8 heteroatoms. The molecule has 186 valence electrons. The number of aliphatic hydroxyl groups is 1. The number of carbonyl (C=O) groups is 1. The van der Waals surface area contributed by atoms with Gasteiger partial charge in [-0.2, -0.15) is 0 Å². The molecule has 35 heavy (non-hydrogen) atoms. The summed E-state index contributed by atoms with van der Waals surface area (Å²) in [6.45, 7) is 2.38. The molecule has 0 amide bonds. The lowest BCUT2D eigenvalue weighted by Gasteiger charge is -2.37. The Hall–Kier alpha value is -2.68. The third-order valence-electron chi connectivity index (χ3n) is 6.85. The number of benzene rings is 1. The van der Waals surface area contributed by atoms with Crippen LogP contribution in [0.15, 0.2) is 59.9 Å². The van der Waals surface area contributed by atoms with Crippen LogP contribution >= 0.6 is 11.8 Å². The molecule has 0 unspecified atom stereocenters. The summed E-state index contributed by atoms with van der Waals surface area (Å²) in [7, 11) is 1.62. The number of fused-ring (bicyclic) bond motifs is 1. The van der Waals surface area contributed by atoms with Gasteiger partial charge in [0.1, 0.15) is 5.75 Å². The van der Waals surface area contributed by atoms with E-state index in [-0.39, 0.29) is 5.92 Å². The number of thioether (sulfide) groups is 1. The van der Waals surface area contributed by atoms with Crippen molar-refractivity contribution < 1.29 is 19.7 Å². The molecule has 0 bridgehead atoms. The zero-order valence-electron chi connectivity index (χ0n) is 20.0. The van der Waals surface area contributed by atoms with E-state index in [1.165, 1.54) is 4.90 Å². The van der Waals surface area contributed by atoms with E-state index in [0.29, 0.717) is 19.4 Å². The second-order valence-corrected chi connectivity index (χ2v) is 10.2. The molecule has 3 aromatic rings. The van der Waals surface area contributed by atoms with Crippen molar-refractivity contribution in [2.45, 2.75) is 36.7 Å². The van der Waals surface area contributed by atoms with Gasteiger partial charge >= 0.3 is 5.97 Å². The Morgan fingerprint density at radius 1 is 1.23 bits per heavy atom. The Labute approximate surface area is 210 Å². The maximum atomic E-state index is 12.1. The Kier molecular flexibility index (Phi) is 8.95. The van der Waals surface area contributed by atoms with E-state index in [9.17, 15) is 15.0 Å². The van der Waals surface area contributed by atoms with E-state index in [2.05, 4.69) is 14.9 Å². The molecule has 2 N–H and O–H groups in total. The van der Waals surface area contributed by atoms with Crippen molar-refractivity contribution in [3.05, 3.63) is 60.6 Å². The lowest BCUT2D eigenvalue weighted by molar-refractivity contribution is -0.146. The molecule has 3 atom stereocenters. The molecule has 0 spiro atoms. The van der Waals surface area contributed by atoms with Gasteiger partial charge in [-0.1, -0.05) is 0 Å². The summed E-state index contributed by atoms with van der Waals surface area (Å²) >= 11 is 1.81. The number of nitrogens with zero attached hydrogens (tertiary/aromatic N) is 3. The van der Waals surface area contributed by atoms with E-state index >= 15 is 0 Å². The molecule has 1 aromatic carbocycles. The minimum atomic E-state index is -0.737. The molecule has 0 aliphatic carbocycles. The average molecular weight is 496 g/mol. The third kappa shape index (κ3) is 6.72. The quantitative estimate of drug-likeness (QED) is 0.293. The van der Waals surface area contributed by atoms with Crippen LogP contribution in [0.2, 0.25) is 0 Å². The summed E-state index contributed by atoms with van der Waals surface area (Å²) in [6.07, 6.45) is 7.69. The number of rotatable bonds is 11. The summed E-state index contributed by atoms with van der Waals surface area (Å²) in [6, 6.07) is 11.5. The maximum absolute atomic E-state index is 12.1. The van der Waals surface area contributed by atoms with Gasteiger partial charge in [-0.15, -0.1) is 11.8 Å². The Morgan fingerprint density at radius 3 is 2.83 bits per heavy atom.